The lowest BCUT2D eigenvalue weighted by molar-refractivity contribution is -0.384. The van der Waals surface area contributed by atoms with E-state index in [4.69, 9.17) is 9.47 Å². The lowest BCUT2D eigenvalue weighted by atomic mass is 10.1. The van der Waals surface area contributed by atoms with Crippen LogP contribution in [0.1, 0.15) is 5.69 Å². The van der Waals surface area contributed by atoms with Gasteiger partial charge in [0.15, 0.2) is 11.4 Å². The number of nitro benzene ring substituents is 1. The van der Waals surface area contributed by atoms with Gasteiger partial charge in [0.2, 0.25) is 0 Å². The first-order chi connectivity index (χ1) is 12.5. The van der Waals surface area contributed by atoms with Crippen LogP contribution in [0.25, 0.3) is 10.8 Å². The Labute approximate surface area is 147 Å². The van der Waals surface area contributed by atoms with E-state index in [1.54, 1.807) is 18.2 Å². The molecule has 1 aromatic heterocycles. The fourth-order valence-corrected chi connectivity index (χ4v) is 2.57. The van der Waals surface area contributed by atoms with Gasteiger partial charge in [0.25, 0.3) is 11.2 Å². The van der Waals surface area contributed by atoms with Gasteiger partial charge in [0.1, 0.15) is 17.6 Å². The summed E-state index contributed by atoms with van der Waals surface area (Å²) in [5.74, 6) is 0.982. The summed E-state index contributed by atoms with van der Waals surface area (Å²) in [6, 6.07) is 12.3. The predicted molar refractivity (Wildman–Crippen MR) is 93.6 cm³/mol. The van der Waals surface area contributed by atoms with Gasteiger partial charge < -0.3 is 9.47 Å². The van der Waals surface area contributed by atoms with Crippen molar-refractivity contribution in [3.05, 3.63) is 68.6 Å². The fourth-order valence-electron chi connectivity index (χ4n) is 2.57. The average molecular weight is 351 g/mol. The SMILES string of the molecule is COc1ccc2c(=O)n(C)c(C#N)c(Oc3ccc([N+](=O)[O-])cc3)c2c1. The largest absolute Gasteiger partial charge is 0.497 e. The topological polar surface area (TPSA) is 107 Å². The van der Waals surface area contributed by atoms with Gasteiger partial charge in [-0.15, -0.1) is 0 Å². The van der Waals surface area contributed by atoms with Crippen molar-refractivity contribution in [3.63, 3.8) is 0 Å². The van der Waals surface area contributed by atoms with E-state index in [-0.39, 0.29) is 22.7 Å². The summed E-state index contributed by atoms with van der Waals surface area (Å²) >= 11 is 0. The number of nitrogens with zero attached hydrogens (tertiary/aromatic N) is 3. The molecule has 0 N–H and O–H groups in total. The molecule has 26 heavy (non-hydrogen) atoms. The zero-order chi connectivity index (χ0) is 18.8. The Kier molecular flexibility index (Phi) is 4.29. The van der Waals surface area contributed by atoms with Gasteiger partial charge in [-0.2, -0.15) is 5.26 Å². The first-order valence-electron chi connectivity index (χ1n) is 7.49. The molecule has 0 unspecified atom stereocenters. The second-order valence-corrected chi connectivity index (χ2v) is 5.42. The van der Waals surface area contributed by atoms with Crippen molar-refractivity contribution >= 4 is 16.5 Å². The van der Waals surface area contributed by atoms with E-state index in [0.717, 1.165) is 0 Å². The van der Waals surface area contributed by atoms with Crippen LogP contribution in [0.15, 0.2) is 47.3 Å². The second-order valence-electron chi connectivity index (χ2n) is 5.42. The minimum absolute atomic E-state index is 0.0362. The molecule has 3 aromatic rings. The maximum atomic E-state index is 12.5. The van der Waals surface area contributed by atoms with E-state index in [2.05, 4.69) is 0 Å². The number of pyridine rings is 1. The van der Waals surface area contributed by atoms with E-state index in [1.165, 1.54) is 43.0 Å². The highest BCUT2D eigenvalue weighted by Gasteiger charge is 2.18. The molecular weight excluding hydrogens is 338 g/mol. The summed E-state index contributed by atoms with van der Waals surface area (Å²) in [4.78, 5) is 22.7. The summed E-state index contributed by atoms with van der Waals surface area (Å²) in [6.45, 7) is 0. The fraction of sp³-hybridized carbons (Fsp3) is 0.111. The van der Waals surface area contributed by atoms with Crippen LogP contribution >= 0.6 is 0 Å². The van der Waals surface area contributed by atoms with Crippen molar-refractivity contribution in [2.24, 2.45) is 7.05 Å². The average Bonchev–Trinajstić information content (AvgIpc) is 2.66. The minimum atomic E-state index is -0.517. The predicted octanol–water partition coefficient (Wildman–Crippen LogP) is 3.12. The van der Waals surface area contributed by atoms with Crippen molar-refractivity contribution in [1.29, 1.82) is 5.26 Å². The van der Waals surface area contributed by atoms with Crippen molar-refractivity contribution in [2.45, 2.75) is 0 Å². The Balaban J connectivity index is 2.22. The molecule has 0 amide bonds. The molecule has 0 fully saturated rings. The Bertz CT molecular complexity index is 1110. The lowest BCUT2D eigenvalue weighted by Crippen LogP contribution is -2.20. The number of nitro groups is 1. The molecule has 8 heteroatoms. The number of rotatable bonds is 4. The monoisotopic (exact) mass is 351 g/mol. The molecule has 0 atom stereocenters. The summed E-state index contributed by atoms with van der Waals surface area (Å²) < 4.78 is 12.2. The molecular formula is C18H13N3O5. The molecule has 3 rings (SSSR count). The molecule has 0 spiro atoms. The lowest BCUT2D eigenvalue weighted by Gasteiger charge is -2.14. The van der Waals surface area contributed by atoms with Gasteiger partial charge in [-0.3, -0.25) is 19.5 Å². The third-order valence-corrected chi connectivity index (χ3v) is 3.93. The molecule has 0 aliphatic heterocycles. The van der Waals surface area contributed by atoms with Crippen LogP contribution in [0.2, 0.25) is 0 Å². The van der Waals surface area contributed by atoms with Crippen LogP contribution < -0.4 is 15.0 Å². The van der Waals surface area contributed by atoms with Gasteiger partial charge in [-0.25, -0.2) is 0 Å². The third-order valence-electron chi connectivity index (χ3n) is 3.93. The van der Waals surface area contributed by atoms with Gasteiger partial charge >= 0.3 is 0 Å². The van der Waals surface area contributed by atoms with Crippen molar-refractivity contribution in [1.82, 2.24) is 4.57 Å². The zero-order valence-corrected chi connectivity index (χ0v) is 13.9. The first kappa shape index (κ1) is 17.0. The summed E-state index contributed by atoms with van der Waals surface area (Å²) in [7, 11) is 2.97. The summed E-state index contributed by atoms with van der Waals surface area (Å²) in [5.41, 5.74) is -0.380. The van der Waals surface area contributed by atoms with Crippen LogP contribution in [-0.2, 0) is 7.05 Å². The van der Waals surface area contributed by atoms with Crippen LogP contribution in [0, 0.1) is 21.4 Å². The van der Waals surface area contributed by atoms with Crippen molar-refractivity contribution in [2.75, 3.05) is 7.11 Å². The maximum absolute atomic E-state index is 12.5. The standard InChI is InChI=1S/C18H13N3O5/c1-20-16(10-19)17(26-12-5-3-11(4-6-12)21(23)24)15-9-13(25-2)7-8-14(15)18(20)22/h3-9H,1-2H3. The summed E-state index contributed by atoms with van der Waals surface area (Å²) in [5, 5.41) is 21.0. The maximum Gasteiger partial charge on any atom is 0.269 e. The van der Waals surface area contributed by atoms with E-state index in [0.29, 0.717) is 22.3 Å². The number of ether oxygens (including phenoxy) is 2. The van der Waals surface area contributed by atoms with Gasteiger partial charge in [-0.1, -0.05) is 0 Å². The normalized spacial score (nSPS) is 10.3. The van der Waals surface area contributed by atoms with Crippen LogP contribution in [0.5, 0.6) is 17.2 Å². The smallest absolute Gasteiger partial charge is 0.269 e. The number of hydrogen-bond acceptors (Lipinski definition) is 6. The highest BCUT2D eigenvalue weighted by molar-refractivity contribution is 5.90. The Morgan fingerprint density at radius 1 is 1.12 bits per heavy atom. The summed E-state index contributed by atoms with van der Waals surface area (Å²) in [6.07, 6.45) is 0. The van der Waals surface area contributed by atoms with E-state index < -0.39 is 4.92 Å². The van der Waals surface area contributed by atoms with Crippen LogP contribution in [0.3, 0.4) is 0 Å². The second kappa shape index (κ2) is 6.57. The van der Waals surface area contributed by atoms with Crippen LogP contribution in [-0.4, -0.2) is 16.6 Å². The third kappa shape index (κ3) is 2.82. The molecule has 2 aromatic carbocycles. The number of methoxy groups -OCH3 is 1. The molecule has 1 heterocycles. The van der Waals surface area contributed by atoms with Gasteiger partial charge in [0.05, 0.1) is 17.4 Å². The van der Waals surface area contributed by atoms with Crippen molar-refractivity contribution in [3.8, 4) is 23.3 Å². The Hall–Kier alpha value is -3.86. The highest BCUT2D eigenvalue weighted by Crippen LogP contribution is 2.34. The van der Waals surface area contributed by atoms with Gasteiger partial charge in [0, 0.05) is 24.6 Å². The molecule has 8 nitrogen and oxygen atoms in total. The van der Waals surface area contributed by atoms with Crippen molar-refractivity contribution < 1.29 is 14.4 Å². The number of aromatic nitrogens is 1. The van der Waals surface area contributed by atoms with E-state index >= 15 is 0 Å². The molecule has 130 valence electrons. The minimum Gasteiger partial charge on any atom is -0.497 e. The van der Waals surface area contributed by atoms with E-state index in [9.17, 15) is 20.2 Å². The first-order valence-corrected chi connectivity index (χ1v) is 7.49. The highest BCUT2D eigenvalue weighted by atomic mass is 16.6. The zero-order valence-electron chi connectivity index (χ0n) is 13.9. The molecule has 0 aliphatic carbocycles. The number of nitriles is 1. The number of hydrogen-bond donors (Lipinski definition) is 0. The number of fused-ring (bicyclic) bond motifs is 1. The van der Waals surface area contributed by atoms with Crippen LogP contribution in [0.4, 0.5) is 5.69 Å². The number of benzene rings is 2. The number of non-ortho nitro benzene ring substituents is 1. The Morgan fingerprint density at radius 2 is 1.77 bits per heavy atom. The quantitative estimate of drug-likeness (QED) is 0.528. The van der Waals surface area contributed by atoms with Gasteiger partial charge in [-0.05, 0) is 30.3 Å². The van der Waals surface area contributed by atoms with E-state index in [1.807, 2.05) is 6.07 Å². The molecule has 0 bridgehead atoms. The molecule has 0 aliphatic rings. The molecule has 0 saturated carbocycles. The Morgan fingerprint density at radius 3 is 2.35 bits per heavy atom. The molecule has 0 saturated heterocycles. The molecule has 0 radical (unpaired) electrons.